The predicted molar refractivity (Wildman–Crippen MR) is 103 cm³/mol. The molecule has 0 bridgehead atoms. The molecule has 2 aliphatic rings. The van der Waals surface area contributed by atoms with E-state index in [0.29, 0.717) is 32.4 Å². The van der Waals surface area contributed by atoms with Crippen LogP contribution in [0.5, 0.6) is 0 Å². The van der Waals surface area contributed by atoms with Crippen molar-refractivity contribution in [1.82, 2.24) is 14.5 Å². The fourth-order valence-corrected chi connectivity index (χ4v) is 4.81. The van der Waals surface area contributed by atoms with Crippen molar-refractivity contribution >= 4 is 11.7 Å². The summed E-state index contributed by atoms with van der Waals surface area (Å²) in [5.74, 6) is -0.510. The molecule has 30 heavy (non-hydrogen) atoms. The molecule has 1 amide bonds. The number of carbonyl (C=O) groups excluding carboxylic acids is 1. The number of aryl methyl sites for hydroxylation is 1. The van der Waals surface area contributed by atoms with Crippen LogP contribution < -0.4 is 16.2 Å². The lowest BCUT2D eigenvalue weighted by molar-refractivity contribution is -0.138. The van der Waals surface area contributed by atoms with E-state index in [2.05, 4.69) is 14.9 Å². The van der Waals surface area contributed by atoms with Gasteiger partial charge in [0.25, 0.3) is 5.56 Å². The second-order valence-corrected chi connectivity index (χ2v) is 8.08. The lowest BCUT2D eigenvalue weighted by Gasteiger charge is -2.36. The molecule has 7 nitrogen and oxygen atoms in total. The van der Waals surface area contributed by atoms with Crippen LogP contribution in [0.15, 0.2) is 35.6 Å². The van der Waals surface area contributed by atoms with Crippen LogP contribution in [0, 0.1) is 11.3 Å². The molecule has 2 aromatic rings. The molecule has 1 saturated carbocycles. The van der Waals surface area contributed by atoms with Gasteiger partial charge in [-0.25, -0.2) is 4.98 Å². The van der Waals surface area contributed by atoms with Crippen LogP contribution in [0.3, 0.4) is 0 Å². The highest BCUT2D eigenvalue weighted by molar-refractivity contribution is 5.86. The van der Waals surface area contributed by atoms with Gasteiger partial charge in [0.05, 0.1) is 17.2 Å². The Labute approximate surface area is 170 Å². The van der Waals surface area contributed by atoms with Crippen molar-refractivity contribution in [2.45, 2.75) is 31.4 Å². The molecular formula is C20H22F3N5O2. The summed E-state index contributed by atoms with van der Waals surface area (Å²) < 4.78 is 40.7. The molecule has 2 aromatic heterocycles. The summed E-state index contributed by atoms with van der Waals surface area (Å²) in [6.07, 6.45) is 2.62. The molecule has 1 aliphatic carbocycles. The first-order chi connectivity index (χ1) is 14.1. The van der Waals surface area contributed by atoms with Crippen molar-refractivity contribution in [3.8, 4) is 0 Å². The molecule has 1 aliphatic heterocycles. The minimum atomic E-state index is -4.58. The van der Waals surface area contributed by atoms with Crippen LogP contribution in [0.2, 0.25) is 0 Å². The van der Waals surface area contributed by atoms with Crippen molar-refractivity contribution in [3.63, 3.8) is 0 Å². The Morgan fingerprint density at radius 2 is 1.97 bits per heavy atom. The molecule has 1 saturated heterocycles. The van der Waals surface area contributed by atoms with E-state index < -0.39 is 34.5 Å². The smallest absolute Gasteiger partial charge is 0.369 e. The zero-order valence-corrected chi connectivity index (χ0v) is 16.4. The van der Waals surface area contributed by atoms with Gasteiger partial charge in [0.15, 0.2) is 0 Å². The van der Waals surface area contributed by atoms with Crippen molar-refractivity contribution in [3.05, 3.63) is 52.3 Å². The topological polar surface area (TPSA) is 94.1 Å². The average Bonchev–Trinajstić information content (AvgIpc) is 3.47. The molecule has 3 heterocycles. The van der Waals surface area contributed by atoms with Crippen molar-refractivity contribution in [2.75, 3.05) is 18.0 Å². The third kappa shape index (κ3) is 3.33. The van der Waals surface area contributed by atoms with Crippen molar-refractivity contribution in [1.29, 1.82) is 0 Å². The maximum atomic E-state index is 13.2. The lowest BCUT2D eigenvalue weighted by Crippen LogP contribution is -2.42. The number of carbonyl (C=O) groups is 1. The van der Waals surface area contributed by atoms with Gasteiger partial charge >= 0.3 is 6.18 Å². The van der Waals surface area contributed by atoms with Crippen LogP contribution in [0.1, 0.15) is 36.3 Å². The highest BCUT2D eigenvalue weighted by Crippen LogP contribution is 2.65. The van der Waals surface area contributed by atoms with E-state index in [4.69, 9.17) is 5.73 Å². The van der Waals surface area contributed by atoms with Crippen LogP contribution in [-0.2, 0) is 18.0 Å². The molecule has 2 N–H and O–H groups in total. The molecule has 2 fully saturated rings. The fourth-order valence-electron chi connectivity index (χ4n) is 4.81. The summed E-state index contributed by atoms with van der Waals surface area (Å²) >= 11 is 0. The van der Waals surface area contributed by atoms with Crippen LogP contribution in [-0.4, -0.2) is 33.5 Å². The van der Waals surface area contributed by atoms with Crippen LogP contribution in [0.4, 0.5) is 19.0 Å². The molecule has 0 spiro atoms. The fraction of sp³-hybridized carbons (Fsp3) is 0.500. The lowest BCUT2D eigenvalue weighted by atomic mass is 9.78. The van der Waals surface area contributed by atoms with Crippen molar-refractivity contribution < 1.29 is 18.0 Å². The molecule has 160 valence electrons. The molecule has 2 unspecified atom stereocenters. The first-order valence-corrected chi connectivity index (χ1v) is 9.73. The second-order valence-electron chi connectivity index (χ2n) is 8.08. The van der Waals surface area contributed by atoms with E-state index in [-0.39, 0.29) is 11.5 Å². The van der Waals surface area contributed by atoms with Crippen LogP contribution in [0.25, 0.3) is 0 Å². The minimum absolute atomic E-state index is 0.0162. The summed E-state index contributed by atoms with van der Waals surface area (Å²) in [4.78, 5) is 35.4. The van der Waals surface area contributed by atoms with E-state index in [0.717, 1.165) is 22.6 Å². The predicted octanol–water partition coefficient (Wildman–Crippen LogP) is 2.07. The quantitative estimate of drug-likeness (QED) is 0.816. The van der Waals surface area contributed by atoms with Crippen LogP contribution >= 0.6 is 0 Å². The van der Waals surface area contributed by atoms with E-state index in [1.54, 1.807) is 18.6 Å². The van der Waals surface area contributed by atoms with Gasteiger partial charge in [-0.3, -0.25) is 14.6 Å². The molecule has 0 radical (unpaired) electrons. The monoisotopic (exact) mass is 421 g/mol. The Bertz CT molecular complexity index is 1020. The number of primary amides is 1. The zero-order valence-electron chi connectivity index (χ0n) is 16.4. The number of rotatable bonds is 4. The van der Waals surface area contributed by atoms with Gasteiger partial charge < -0.3 is 15.2 Å². The van der Waals surface area contributed by atoms with E-state index in [1.165, 1.54) is 7.05 Å². The summed E-state index contributed by atoms with van der Waals surface area (Å²) in [7, 11) is 1.29. The van der Waals surface area contributed by atoms with Gasteiger partial charge in [-0.05, 0) is 31.2 Å². The number of anilines is 1. The Kier molecular flexibility index (Phi) is 4.82. The van der Waals surface area contributed by atoms with E-state index >= 15 is 0 Å². The zero-order chi connectivity index (χ0) is 21.7. The number of halogens is 3. The van der Waals surface area contributed by atoms with Crippen molar-refractivity contribution in [2.24, 2.45) is 24.1 Å². The maximum absolute atomic E-state index is 13.2. The molecule has 10 heteroatoms. The molecule has 2 atom stereocenters. The van der Waals surface area contributed by atoms with E-state index in [9.17, 15) is 22.8 Å². The summed E-state index contributed by atoms with van der Waals surface area (Å²) in [6, 6.07) is 0.881. The minimum Gasteiger partial charge on any atom is -0.369 e. The maximum Gasteiger partial charge on any atom is 0.417 e. The van der Waals surface area contributed by atoms with Gasteiger partial charge in [0.2, 0.25) is 5.91 Å². The number of pyridine rings is 1. The number of aromatic nitrogens is 3. The molecule has 4 rings (SSSR count). The highest BCUT2D eigenvalue weighted by atomic mass is 19.4. The average molecular weight is 421 g/mol. The van der Waals surface area contributed by atoms with E-state index in [1.807, 2.05) is 0 Å². The van der Waals surface area contributed by atoms with Gasteiger partial charge in [-0.1, -0.05) is 0 Å². The van der Waals surface area contributed by atoms with Gasteiger partial charge in [-0.2, -0.15) is 13.2 Å². The SMILES string of the molecule is Cn1cc(C(F)(F)F)cc(C2CC2(C(N)=O)C2CCN(c3cnccn3)CC2)c1=O. The normalized spacial score (nSPS) is 24.7. The number of amides is 1. The number of nitrogens with two attached hydrogens (primary N) is 1. The summed E-state index contributed by atoms with van der Waals surface area (Å²) in [5.41, 5.74) is 3.36. The van der Waals surface area contributed by atoms with Gasteiger partial charge in [-0.15, -0.1) is 0 Å². The highest BCUT2D eigenvalue weighted by Gasteiger charge is 2.64. The summed E-state index contributed by atoms with van der Waals surface area (Å²) in [5, 5.41) is 0. The Balaban J connectivity index is 1.59. The van der Waals surface area contributed by atoms with Gasteiger partial charge in [0, 0.05) is 50.2 Å². The third-order valence-electron chi connectivity index (χ3n) is 6.47. The van der Waals surface area contributed by atoms with Gasteiger partial charge in [0.1, 0.15) is 5.82 Å². The standard InChI is InChI=1S/C20H22F3N5O2/c1-27-11-13(20(21,22)23)8-14(17(27)29)15-9-19(15,18(24)30)12-2-6-28(7-3-12)16-10-25-4-5-26-16/h4-5,8,10-12,15H,2-3,6-7,9H2,1H3,(H2,24,30). The second kappa shape index (κ2) is 7.10. The Hall–Kier alpha value is -2.91. The first kappa shape index (κ1) is 20.4. The molecular weight excluding hydrogens is 399 g/mol. The number of nitrogens with zero attached hydrogens (tertiary/aromatic N) is 4. The Morgan fingerprint density at radius 3 is 2.53 bits per heavy atom. The number of alkyl halides is 3. The number of piperidine rings is 1. The number of hydrogen-bond donors (Lipinski definition) is 1. The summed E-state index contributed by atoms with van der Waals surface area (Å²) in [6.45, 7) is 1.26. The Morgan fingerprint density at radius 1 is 1.27 bits per heavy atom. The molecule has 0 aromatic carbocycles. The third-order valence-corrected chi connectivity index (χ3v) is 6.47. The largest absolute Gasteiger partial charge is 0.417 e. The number of hydrogen-bond acceptors (Lipinski definition) is 5. The first-order valence-electron chi connectivity index (χ1n) is 9.73.